The molecule has 1 aromatic heterocycles. The summed E-state index contributed by atoms with van der Waals surface area (Å²) < 4.78 is 10.7. The normalized spacial score (nSPS) is 13.2. The lowest BCUT2D eigenvalue weighted by atomic mass is 9.98. The fourth-order valence-electron chi connectivity index (χ4n) is 4.30. The summed E-state index contributed by atoms with van der Waals surface area (Å²) in [6.45, 7) is 5.29. The number of hydrogen-bond donors (Lipinski definition) is 3. The molecule has 2 amide bonds. The summed E-state index contributed by atoms with van der Waals surface area (Å²) >= 11 is 0. The number of alkyl carbamates (subject to hydrolysis) is 1. The van der Waals surface area contributed by atoms with Crippen LogP contribution < -0.4 is 10.6 Å². The first kappa shape index (κ1) is 25.7. The van der Waals surface area contributed by atoms with E-state index in [4.69, 9.17) is 9.47 Å². The number of nitrogens with zero attached hydrogens (tertiary/aromatic N) is 1. The number of benzene rings is 2. The highest BCUT2D eigenvalue weighted by Crippen LogP contribution is 2.44. The van der Waals surface area contributed by atoms with Crippen molar-refractivity contribution < 1.29 is 29.0 Å². The lowest BCUT2D eigenvalue weighted by Crippen LogP contribution is -2.43. The Bertz CT molecular complexity index is 1270. The van der Waals surface area contributed by atoms with E-state index in [-0.39, 0.29) is 24.8 Å². The Hall–Kier alpha value is -4.40. The van der Waals surface area contributed by atoms with Crippen molar-refractivity contribution in [3.63, 3.8) is 0 Å². The number of carboxylic acid groups (broad SMARTS) is 1. The molecule has 9 nitrogen and oxygen atoms in total. The molecule has 3 N–H and O–H groups in total. The molecule has 0 radical (unpaired) electrons. The first-order chi connectivity index (χ1) is 17.6. The smallest absolute Gasteiger partial charge is 0.413 e. The van der Waals surface area contributed by atoms with Gasteiger partial charge in [0.15, 0.2) is 0 Å². The Morgan fingerprint density at radius 2 is 1.59 bits per heavy atom. The van der Waals surface area contributed by atoms with Gasteiger partial charge in [-0.1, -0.05) is 48.5 Å². The first-order valence-corrected chi connectivity index (χ1v) is 11.9. The number of amides is 2. The van der Waals surface area contributed by atoms with Crippen molar-refractivity contribution in [3.05, 3.63) is 83.6 Å². The Balaban J connectivity index is 1.38. The highest BCUT2D eigenvalue weighted by Gasteiger charge is 2.30. The van der Waals surface area contributed by atoms with Gasteiger partial charge in [-0.25, -0.2) is 19.4 Å². The third-order valence-corrected chi connectivity index (χ3v) is 5.83. The summed E-state index contributed by atoms with van der Waals surface area (Å²) in [5, 5.41) is 14.6. The second-order valence-electron chi connectivity index (χ2n) is 9.74. The predicted octanol–water partition coefficient (Wildman–Crippen LogP) is 4.96. The molecular weight excluding hydrogens is 474 g/mol. The van der Waals surface area contributed by atoms with Gasteiger partial charge in [0.2, 0.25) is 0 Å². The lowest BCUT2D eigenvalue weighted by molar-refractivity contribution is -0.139. The Morgan fingerprint density at radius 3 is 2.19 bits per heavy atom. The number of rotatable bonds is 7. The van der Waals surface area contributed by atoms with Crippen molar-refractivity contribution in [1.29, 1.82) is 0 Å². The van der Waals surface area contributed by atoms with Crippen LogP contribution in [0.4, 0.5) is 15.4 Å². The van der Waals surface area contributed by atoms with Gasteiger partial charge < -0.3 is 19.9 Å². The fourth-order valence-corrected chi connectivity index (χ4v) is 4.30. The maximum absolute atomic E-state index is 12.6. The molecule has 192 valence electrons. The maximum Gasteiger partial charge on any atom is 0.413 e. The third kappa shape index (κ3) is 6.43. The number of hydrogen-bond acceptors (Lipinski definition) is 6. The maximum atomic E-state index is 12.6. The van der Waals surface area contributed by atoms with Crippen LogP contribution in [0, 0.1) is 0 Å². The van der Waals surface area contributed by atoms with Gasteiger partial charge in [0.1, 0.15) is 24.1 Å². The average Bonchev–Trinajstić information content (AvgIpc) is 3.15. The number of fused-ring (bicyclic) bond motifs is 3. The van der Waals surface area contributed by atoms with E-state index in [0.717, 1.165) is 22.3 Å². The number of aliphatic carboxylic acids is 1. The zero-order valence-electron chi connectivity index (χ0n) is 20.9. The van der Waals surface area contributed by atoms with Crippen molar-refractivity contribution in [2.45, 2.75) is 44.8 Å². The molecule has 0 fully saturated rings. The summed E-state index contributed by atoms with van der Waals surface area (Å²) in [6, 6.07) is 17.8. The summed E-state index contributed by atoms with van der Waals surface area (Å²) in [5.74, 6) is -1.15. The highest BCUT2D eigenvalue weighted by molar-refractivity contribution is 5.84. The number of aromatic nitrogens is 1. The number of pyridine rings is 1. The molecule has 3 aromatic rings. The second-order valence-corrected chi connectivity index (χ2v) is 9.74. The minimum atomic E-state index is -1.24. The molecule has 0 aliphatic heterocycles. The molecule has 1 aliphatic carbocycles. The highest BCUT2D eigenvalue weighted by atomic mass is 16.6. The van der Waals surface area contributed by atoms with Crippen LogP contribution in [0.3, 0.4) is 0 Å². The van der Waals surface area contributed by atoms with Crippen LogP contribution in [-0.4, -0.2) is 46.5 Å². The zero-order chi connectivity index (χ0) is 26.6. The number of ether oxygens (including phenoxy) is 2. The van der Waals surface area contributed by atoms with Crippen LogP contribution in [0.1, 0.15) is 43.4 Å². The quantitative estimate of drug-likeness (QED) is 0.416. The van der Waals surface area contributed by atoms with Gasteiger partial charge in [-0.05, 0) is 60.7 Å². The lowest BCUT2D eigenvalue weighted by Gasteiger charge is -2.19. The van der Waals surface area contributed by atoms with E-state index in [1.807, 2.05) is 48.5 Å². The van der Waals surface area contributed by atoms with E-state index in [2.05, 4.69) is 15.6 Å². The van der Waals surface area contributed by atoms with Gasteiger partial charge in [-0.15, -0.1) is 0 Å². The SMILES string of the molecule is CC(C)(C)OC(=O)Nc1cc(CC(NC(=O)OCC2c3ccccc3-c3ccccc32)C(=O)O)ccn1. The fraction of sp³-hybridized carbons (Fsp3) is 0.286. The molecule has 2 aromatic carbocycles. The Kier molecular flexibility index (Phi) is 7.42. The number of carbonyl (C=O) groups excluding carboxylic acids is 2. The van der Waals surface area contributed by atoms with E-state index < -0.39 is 29.8 Å². The second kappa shape index (κ2) is 10.7. The van der Waals surface area contributed by atoms with Gasteiger partial charge in [-0.3, -0.25) is 5.32 Å². The molecule has 37 heavy (non-hydrogen) atoms. The molecule has 0 saturated heterocycles. The molecular formula is C28H29N3O6. The van der Waals surface area contributed by atoms with Gasteiger partial charge in [0.25, 0.3) is 0 Å². The van der Waals surface area contributed by atoms with E-state index in [1.54, 1.807) is 26.8 Å². The Morgan fingerprint density at radius 1 is 0.973 bits per heavy atom. The van der Waals surface area contributed by atoms with E-state index in [0.29, 0.717) is 5.56 Å². The standard InChI is InChI=1S/C28H29N3O6/c1-28(2,3)37-27(35)31-24-15-17(12-13-29-24)14-23(25(32)33)30-26(34)36-16-22-20-10-6-4-8-18(20)19-9-5-7-11-21(19)22/h4-13,15,22-23H,14,16H2,1-3H3,(H,30,34)(H,32,33)(H,29,31,35). The van der Waals surface area contributed by atoms with Crippen LogP contribution >= 0.6 is 0 Å². The summed E-state index contributed by atoms with van der Waals surface area (Å²) in [6.07, 6.45) is -0.0987. The molecule has 0 spiro atoms. The van der Waals surface area contributed by atoms with Crippen LogP contribution in [0.15, 0.2) is 66.9 Å². The van der Waals surface area contributed by atoms with E-state index in [9.17, 15) is 19.5 Å². The van der Waals surface area contributed by atoms with E-state index in [1.165, 1.54) is 12.3 Å². The number of anilines is 1. The molecule has 1 atom stereocenters. The molecule has 1 aliphatic rings. The molecule has 4 rings (SSSR count). The molecule has 1 heterocycles. The van der Waals surface area contributed by atoms with Gasteiger partial charge in [0.05, 0.1) is 0 Å². The van der Waals surface area contributed by atoms with Gasteiger partial charge >= 0.3 is 18.2 Å². The average molecular weight is 504 g/mol. The predicted molar refractivity (Wildman–Crippen MR) is 137 cm³/mol. The van der Waals surface area contributed by atoms with Gasteiger partial charge in [-0.2, -0.15) is 0 Å². The van der Waals surface area contributed by atoms with Crippen LogP contribution in [-0.2, 0) is 20.7 Å². The zero-order valence-corrected chi connectivity index (χ0v) is 20.9. The monoisotopic (exact) mass is 503 g/mol. The number of carbonyl (C=O) groups is 3. The topological polar surface area (TPSA) is 127 Å². The van der Waals surface area contributed by atoms with Crippen LogP contribution in [0.2, 0.25) is 0 Å². The first-order valence-electron chi connectivity index (χ1n) is 11.9. The van der Waals surface area contributed by atoms with Crippen molar-refractivity contribution in [3.8, 4) is 11.1 Å². The molecule has 1 unspecified atom stereocenters. The largest absolute Gasteiger partial charge is 0.480 e. The van der Waals surface area contributed by atoms with Crippen LogP contribution in [0.25, 0.3) is 11.1 Å². The summed E-state index contributed by atoms with van der Waals surface area (Å²) in [5.41, 5.74) is 4.20. The molecule has 0 saturated carbocycles. The minimum Gasteiger partial charge on any atom is -0.480 e. The molecule has 0 bridgehead atoms. The van der Waals surface area contributed by atoms with E-state index >= 15 is 0 Å². The number of carboxylic acids is 1. The molecule has 9 heteroatoms. The van der Waals surface area contributed by atoms with Crippen molar-refractivity contribution in [1.82, 2.24) is 10.3 Å². The van der Waals surface area contributed by atoms with Crippen molar-refractivity contribution in [2.75, 3.05) is 11.9 Å². The summed E-state index contributed by atoms with van der Waals surface area (Å²) in [7, 11) is 0. The van der Waals surface area contributed by atoms with Crippen LogP contribution in [0.5, 0.6) is 0 Å². The third-order valence-electron chi connectivity index (χ3n) is 5.83. The number of nitrogens with one attached hydrogen (secondary N) is 2. The summed E-state index contributed by atoms with van der Waals surface area (Å²) in [4.78, 5) is 40.5. The van der Waals surface area contributed by atoms with Gasteiger partial charge in [0, 0.05) is 18.5 Å². The van der Waals surface area contributed by atoms with Crippen molar-refractivity contribution in [2.24, 2.45) is 0 Å². The van der Waals surface area contributed by atoms with Crippen molar-refractivity contribution >= 4 is 24.0 Å². The Labute approximate surface area is 214 Å². The minimum absolute atomic E-state index is 0.0367.